The van der Waals surface area contributed by atoms with Crippen LogP contribution in [0, 0.1) is 5.41 Å². The molecule has 0 fully saturated rings. The molecule has 0 aliphatic rings. The average molecular weight is 777 g/mol. The summed E-state index contributed by atoms with van der Waals surface area (Å²) in [6, 6.07) is 29.4. The van der Waals surface area contributed by atoms with E-state index in [-0.39, 0.29) is 75.8 Å². The summed E-state index contributed by atoms with van der Waals surface area (Å²) >= 11 is 0.605. The number of aliphatic hydroxyl groups is 3. The number of benzene rings is 4. The van der Waals surface area contributed by atoms with Crippen LogP contribution in [0.4, 0.5) is 0 Å². The monoisotopic (exact) mass is 776 g/mol. The summed E-state index contributed by atoms with van der Waals surface area (Å²) in [5.41, 5.74) is 2.56. The molecule has 0 aromatic heterocycles. The van der Waals surface area contributed by atoms with Gasteiger partial charge in [-0.1, -0.05) is 90.1 Å². The van der Waals surface area contributed by atoms with Gasteiger partial charge in [0.05, 0.1) is 26.4 Å². The smallest absolute Gasteiger partial charge is 0.799 e. The maximum Gasteiger partial charge on any atom is 1.00 e. The van der Waals surface area contributed by atoms with Gasteiger partial charge in [-0.2, -0.15) is 0 Å². The first-order valence-electron chi connectivity index (χ1n) is 18.6. The summed E-state index contributed by atoms with van der Waals surface area (Å²) in [6.07, 6.45) is 1.70. The van der Waals surface area contributed by atoms with Crippen LogP contribution in [0.2, 0.25) is 0 Å². The molecule has 0 saturated carbocycles. The molecule has 0 bridgehead atoms. The summed E-state index contributed by atoms with van der Waals surface area (Å²) in [5.74, 6) is 3.14. The molecule has 0 unspecified atom stereocenters. The molecule has 0 aliphatic carbocycles. The molecule has 0 saturated heterocycles. The van der Waals surface area contributed by atoms with Crippen molar-refractivity contribution in [3.63, 3.8) is 0 Å². The summed E-state index contributed by atoms with van der Waals surface area (Å²) in [6.45, 7) is 13.7. The second-order valence-corrected chi connectivity index (χ2v) is 11.9. The van der Waals surface area contributed by atoms with Crippen molar-refractivity contribution in [2.45, 2.75) is 80.8 Å². The molecule has 4 aromatic carbocycles. The van der Waals surface area contributed by atoms with Crippen LogP contribution in [0.15, 0.2) is 97.1 Å². The van der Waals surface area contributed by atoms with Crippen LogP contribution in [0.1, 0.15) is 76.6 Å². The van der Waals surface area contributed by atoms with Gasteiger partial charge in [0.25, 0.3) is 0 Å². The van der Waals surface area contributed by atoms with Crippen molar-refractivity contribution in [1.29, 1.82) is 0 Å². The zero-order valence-electron chi connectivity index (χ0n) is 33.4. The zero-order chi connectivity index (χ0) is 39.2. The quantitative estimate of drug-likeness (QED) is 0.0496. The van der Waals surface area contributed by atoms with Crippen molar-refractivity contribution in [1.82, 2.24) is 0 Å². The van der Waals surface area contributed by atoms with E-state index in [9.17, 15) is 19.9 Å². The largest absolute Gasteiger partial charge is 1.00 e. The van der Waals surface area contributed by atoms with Gasteiger partial charge in [-0.3, -0.25) is 12.0 Å². The summed E-state index contributed by atoms with van der Waals surface area (Å²) < 4.78 is 41.5. The molecule has 11 heteroatoms. The minimum atomic E-state index is -0.800. The Hall–Kier alpha value is -2.77. The fraction of sp³-hybridized carbons (Fsp3) is 0.442. The van der Waals surface area contributed by atoms with Gasteiger partial charge in [0, 0.05) is 6.61 Å². The molecular formula is C43H61NaO9S. The number of hydrogen-bond donors (Lipinski definition) is 3. The van der Waals surface area contributed by atoms with Crippen LogP contribution in [0.3, 0.4) is 0 Å². The second kappa shape index (κ2) is 32.5. The molecule has 3 N–H and O–H groups in total. The van der Waals surface area contributed by atoms with Crippen molar-refractivity contribution in [2.24, 2.45) is 5.41 Å². The standard InChI is InChI=1S/C37H44O9S.3C2H6.Na/c38-21-29-3-11-33(12-4-29)43-25-37(26-44-34-13-5-30(22-39)6-14-34,27-45-35-15-7-31(23-40)8-16-35)28-46-36-17-9-32(10-18-36)24-42-19-1-2-20-47-41;3*1-2;/h3-18,38-41H,1-2,19-28H2;3*1-2H3;/q;;;;+1/p-1. The third-order valence-electron chi connectivity index (χ3n) is 7.46. The third kappa shape index (κ3) is 20.2. The summed E-state index contributed by atoms with van der Waals surface area (Å²) in [4.78, 5) is 0. The maximum atomic E-state index is 10.5. The van der Waals surface area contributed by atoms with Crippen molar-refractivity contribution in [2.75, 3.05) is 38.8 Å². The number of rotatable bonds is 22. The molecule has 0 radical (unpaired) electrons. The van der Waals surface area contributed by atoms with Crippen LogP contribution < -0.4 is 48.5 Å². The first-order chi connectivity index (χ1) is 26.0. The van der Waals surface area contributed by atoms with E-state index in [0.717, 1.165) is 35.1 Å². The van der Waals surface area contributed by atoms with E-state index >= 15 is 0 Å². The molecule has 0 amide bonds. The van der Waals surface area contributed by atoms with Crippen LogP contribution in [-0.2, 0) is 31.2 Å². The molecular weight excluding hydrogens is 716 g/mol. The number of unbranched alkanes of at least 4 members (excludes halogenated alkanes) is 1. The van der Waals surface area contributed by atoms with Crippen molar-refractivity contribution in [3.05, 3.63) is 119 Å². The summed E-state index contributed by atoms with van der Waals surface area (Å²) in [7, 11) is 0. The molecule has 4 rings (SSSR count). The Balaban J connectivity index is 0.00000382. The summed E-state index contributed by atoms with van der Waals surface area (Å²) in [5, 5.41) is 28.4. The van der Waals surface area contributed by atoms with Gasteiger partial charge in [-0.05, 0) is 89.4 Å². The van der Waals surface area contributed by atoms with Gasteiger partial charge in [0.2, 0.25) is 0 Å². The van der Waals surface area contributed by atoms with Crippen LogP contribution in [0.25, 0.3) is 0 Å². The Bertz CT molecular complexity index is 1300. The minimum absolute atomic E-state index is 0. The van der Waals surface area contributed by atoms with E-state index in [1.54, 1.807) is 0 Å². The van der Waals surface area contributed by atoms with Gasteiger partial charge < -0.3 is 43.6 Å². The SMILES string of the molecule is CC.CC.CC.[Na+].[O-]SCCCCOCc1ccc(OCC(COc2ccc(CO)cc2)(COc2ccc(CO)cc2)COc2ccc(CO)cc2)cc1. The maximum absolute atomic E-state index is 10.5. The van der Waals surface area contributed by atoms with Gasteiger partial charge in [0.1, 0.15) is 54.8 Å². The zero-order valence-corrected chi connectivity index (χ0v) is 36.2. The first-order valence-corrected chi connectivity index (χ1v) is 19.5. The van der Waals surface area contributed by atoms with Gasteiger partial charge in [-0.15, -0.1) is 0 Å². The number of aliphatic hydroxyl groups excluding tert-OH is 3. The van der Waals surface area contributed by atoms with E-state index < -0.39 is 5.41 Å². The molecule has 4 aromatic rings. The van der Waals surface area contributed by atoms with Crippen molar-refractivity contribution < 1.29 is 73.1 Å². The van der Waals surface area contributed by atoms with E-state index in [1.165, 1.54) is 0 Å². The molecule has 0 heterocycles. The molecule has 0 atom stereocenters. The second-order valence-electron chi connectivity index (χ2n) is 11.3. The van der Waals surface area contributed by atoms with Crippen LogP contribution >= 0.6 is 12.0 Å². The van der Waals surface area contributed by atoms with E-state index in [2.05, 4.69) is 0 Å². The molecule has 0 aliphatic heterocycles. The Morgan fingerprint density at radius 3 is 1.06 bits per heavy atom. The number of ether oxygens (including phenoxy) is 5. The number of hydrogen-bond acceptors (Lipinski definition) is 10. The third-order valence-corrected chi connectivity index (χ3v) is 7.91. The first kappa shape index (κ1) is 51.2. The van der Waals surface area contributed by atoms with E-state index in [0.29, 0.717) is 54.0 Å². The fourth-order valence-electron chi connectivity index (χ4n) is 4.51. The molecule has 54 heavy (non-hydrogen) atoms. The van der Waals surface area contributed by atoms with Gasteiger partial charge in [0.15, 0.2) is 0 Å². The fourth-order valence-corrected chi connectivity index (χ4v) is 4.83. The Morgan fingerprint density at radius 2 is 0.778 bits per heavy atom. The minimum Gasteiger partial charge on any atom is -0.799 e. The molecule has 294 valence electrons. The average Bonchev–Trinajstić information content (AvgIpc) is 3.24. The predicted octanol–water partition coefficient (Wildman–Crippen LogP) is 6.01. The van der Waals surface area contributed by atoms with Crippen molar-refractivity contribution >= 4 is 12.0 Å². The Labute approximate surface area is 350 Å². The Morgan fingerprint density at radius 1 is 0.481 bits per heavy atom. The van der Waals surface area contributed by atoms with Gasteiger partial charge in [-0.25, -0.2) is 0 Å². The van der Waals surface area contributed by atoms with Crippen molar-refractivity contribution in [3.8, 4) is 23.0 Å². The van der Waals surface area contributed by atoms with E-state index in [4.69, 9.17) is 23.7 Å². The predicted molar refractivity (Wildman–Crippen MR) is 214 cm³/mol. The topological polar surface area (TPSA) is 130 Å². The van der Waals surface area contributed by atoms with Gasteiger partial charge >= 0.3 is 29.6 Å². The molecule has 0 spiro atoms. The molecule has 9 nitrogen and oxygen atoms in total. The normalized spacial score (nSPS) is 10.2. The van der Waals surface area contributed by atoms with Crippen LogP contribution in [-0.4, -0.2) is 58.7 Å². The van der Waals surface area contributed by atoms with E-state index in [1.807, 2.05) is 139 Å². The Kier molecular flexibility index (Phi) is 30.8. The van der Waals surface area contributed by atoms with Crippen LogP contribution in [0.5, 0.6) is 23.0 Å².